The number of aryl methyl sites for hydroxylation is 1. The lowest BCUT2D eigenvalue weighted by molar-refractivity contribution is -0.129. The number of benzene rings is 1. The van der Waals surface area contributed by atoms with E-state index in [1.807, 2.05) is 48.7 Å². The van der Waals surface area contributed by atoms with Crippen molar-refractivity contribution in [2.75, 3.05) is 19.8 Å². The summed E-state index contributed by atoms with van der Waals surface area (Å²) in [7, 11) is 1.89. The van der Waals surface area contributed by atoms with Crippen LogP contribution in [0.4, 0.5) is 0 Å². The predicted molar refractivity (Wildman–Crippen MR) is 134 cm³/mol. The van der Waals surface area contributed by atoms with Crippen molar-refractivity contribution in [1.29, 1.82) is 0 Å². The van der Waals surface area contributed by atoms with Crippen LogP contribution in [0.15, 0.2) is 36.8 Å². The minimum absolute atomic E-state index is 0.0825. The Morgan fingerprint density at radius 2 is 2.00 bits per heavy atom. The van der Waals surface area contributed by atoms with Gasteiger partial charge in [-0.3, -0.25) is 19.1 Å². The lowest BCUT2D eigenvalue weighted by Gasteiger charge is -2.29. The SMILES string of the molecule is CC(=O)N1CCc2c(c(-c3cc(Cl)cc4cc(-c5cnn(C)c5)ncc34)nn2C2CCOCC2)C1. The average molecular weight is 491 g/mol. The number of rotatable bonds is 3. The van der Waals surface area contributed by atoms with Gasteiger partial charge < -0.3 is 9.64 Å². The third-order valence-electron chi connectivity index (χ3n) is 7.13. The van der Waals surface area contributed by atoms with Crippen LogP contribution in [0.2, 0.25) is 5.02 Å². The van der Waals surface area contributed by atoms with Gasteiger partial charge in [0.25, 0.3) is 0 Å². The summed E-state index contributed by atoms with van der Waals surface area (Å²) < 4.78 is 9.57. The average Bonchev–Trinajstić information content (AvgIpc) is 3.47. The number of nitrogens with zero attached hydrogens (tertiary/aromatic N) is 6. The highest BCUT2D eigenvalue weighted by molar-refractivity contribution is 6.32. The fourth-order valence-electron chi connectivity index (χ4n) is 5.29. The van der Waals surface area contributed by atoms with E-state index in [1.165, 1.54) is 5.69 Å². The second-order valence-electron chi connectivity index (χ2n) is 9.40. The Balaban J connectivity index is 1.52. The van der Waals surface area contributed by atoms with Crippen LogP contribution in [0.1, 0.15) is 37.1 Å². The summed E-state index contributed by atoms with van der Waals surface area (Å²) in [5.41, 5.74) is 5.96. The Morgan fingerprint density at radius 1 is 1.17 bits per heavy atom. The van der Waals surface area contributed by atoms with Gasteiger partial charge in [0.2, 0.25) is 5.91 Å². The molecule has 0 aliphatic carbocycles. The Labute approximate surface area is 208 Å². The van der Waals surface area contributed by atoms with E-state index >= 15 is 0 Å². The number of hydrogen-bond donors (Lipinski definition) is 0. The van der Waals surface area contributed by atoms with E-state index < -0.39 is 0 Å². The monoisotopic (exact) mass is 490 g/mol. The molecule has 0 unspecified atom stereocenters. The van der Waals surface area contributed by atoms with E-state index in [0.29, 0.717) is 24.2 Å². The van der Waals surface area contributed by atoms with Gasteiger partial charge in [0.15, 0.2) is 0 Å². The van der Waals surface area contributed by atoms with E-state index in [-0.39, 0.29) is 5.91 Å². The van der Waals surface area contributed by atoms with Crippen molar-refractivity contribution in [3.63, 3.8) is 0 Å². The Kier molecular flexibility index (Phi) is 5.57. The Morgan fingerprint density at radius 3 is 2.74 bits per heavy atom. The van der Waals surface area contributed by atoms with E-state index in [9.17, 15) is 4.79 Å². The number of aromatic nitrogens is 5. The van der Waals surface area contributed by atoms with Gasteiger partial charge in [0.05, 0.1) is 23.6 Å². The maximum Gasteiger partial charge on any atom is 0.219 e. The first-order chi connectivity index (χ1) is 17.0. The molecule has 0 N–H and O–H groups in total. The zero-order valence-electron chi connectivity index (χ0n) is 19.9. The summed E-state index contributed by atoms with van der Waals surface area (Å²) in [4.78, 5) is 18.9. The minimum atomic E-state index is 0.0825. The molecule has 0 saturated carbocycles. The van der Waals surface area contributed by atoms with Crippen LogP contribution in [-0.2, 0) is 29.5 Å². The van der Waals surface area contributed by atoms with Gasteiger partial charge in [-0.25, -0.2) is 0 Å². The Bertz CT molecular complexity index is 1440. The van der Waals surface area contributed by atoms with E-state index in [0.717, 1.165) is 71.3 Å². The zero-order valence-corrected chi connectivity index (χ0v) is 20.6. The predicted octanol–water partition coefficient (Wildman–Crippen LogP) is 4.41. The van der Waals surface area contributed by atoms with Crippen molar-refractivity contribution in [2.45, 2.75) is 38.8 Å². The van der Waals surface area contributed by atoms with Crippen molar-refractivity contribution in [2.24, 2.45) is 7.05 Å². The summed E-state index contributed by atoms with van der Waals surface area (Å²) in [6, 6.07) is 6.28. The number of pyridine rings is 1. The molecule has 9 heteroatoms. The molecule has 8 nitrogen and oxygen atoms in total. The van der Waals surface area contributed by atoms with Crippen LogP contribution in [0.3, 0.4) is 0 Å². The molecule has 1 aromatic carbocycles. The number of carbonyl (C=O) groups excluding carboxylic acids is 1. The largest absolute Gasteiger partial charge is 0.381 e. The Hall–Kier alpha value is -3.23. The van der Waals surface area contributed by atoms with Crippen LogP contribution in [0.25, 0.3) is 33.3 Å². The van der Waals surface area contributed by atoms with Crippen LogP contribution < -0.4 is 0 Å². The third kappa shape index (κ3) is 4.00. The fraction of sp³-hybridized carbons (Fsp3) is 0.385. The zero-order chi connectivity index (χ0) is 24.1. The lowest BCUT2D eigenvalue weighted by atomic mass is 9.96. The number of carbonyl (C=O) groups is 1. The first kappa shape index (κ1) is 22.2. The molecule has 180 valence electrons. The van der Waals surface area contributed by atoms with Gasteiger partial charge in [0.1, 0.15) is 0 Å². The topological polar surface area (TPSA) is 78.1 Å². The summed E-state index contributed by atoms with van der Waals surface area (Å²) in [5, 5.41) is 12.1. The van der Waals surface area contributed by atoms with Gasteiger partial charge in [0, 0.05) is 91.9 Å². The maximum atomic E-state index is 12.2. The molecule has 3 aromatic heterocycles. The normalized spacial score (nSPS) is 16.6. The molecule has 2 aliphatic rings. The molecule has 35 heavy (non-hydrogen) atoms. The quantitative estimate of drug-likeness (QED) is 0.425. The second kappa shape index (κ2) is 8.77. The molecule has 1 saturated heterocycles. The van der Waals surface area contributed by atoms with Crippen molar-refractivity contribution in [3.8, 4) is 22.5 Å². The summed E-state index contributed by atoms with van der Waals surface area (Å²) >= 11 is 6.64. The first-order valence-corrected chi connectivity index (χ1v) is 12.4. The molecule has 1 fully saturated rings. The van der Waals surface area contributed by atoms with Crippen molar-refractivity contribution in [1.82, 2.24) is 29.4 Å². The molecule has 5 heterocycles. The smallest absolute Gasteiger partial charge is 0.219 e. The number of halogens is 1. The van der Waals surface area contributed by atoms with Gasteiger partial charge in [-0.15, -0.1) is 0 Å². The fourth-order valence-corrected chi connectivity index (χ4v) is 5.52. The standard InChI is InChI=1S/C26H27ClN6O2/c1-16(34)32-6-3-25-23(15-32)26(30-33(25)20-4-7-35-8-5-20)21-11-19(27)9-17-10-24(28-13-22(17)21)18-12-29-31(2)14-18/h9-14,20H,3-8,15H2,1-2H3. The van der Waals surface area contributed by atoms with Gasteiger partial charge in [-0.05, 0) is 36.4 Å². The molecular formula is C26H27ClN6O2. The van der Waals surface area contributed by atoms with Gasteiger partial charge in [-0.2, -0.15) is 10.2 Å². The van der Waals surface area contributed by atoms with Gasteiger partial charge in [-0.1, -0.05) is 11.6 Å². The molecule has 0 atom stereocenters. The van der Waals surface area contributed by atoms with E-state index in [2.05, 4.69) is 9.78 Å². The summed E-state index contributed by atoms with van der Waals surface area (Å²) in [5.74, 6) is 0.0825. The minimum Gasteiger partial charge on any atom is -0.381 e. The second-order valence-corrected chi connectivity index (χ2v) is 9.84. The number of amides is 1. The first-order valence-electron chi connectivity index (χ1n) is 12.0. The number of ether oxygens (including phenoxy) is 1. The van der Waals surface area contributed by atoms with E-state index in [4.69, 9.17) is 26.4 Å². The highest BCUT2D eigenvalue weighted by Crippen LogP contribution is 2.39. The van der Waals surface area contributed by atoms with Crippen LogP contribution in [0.5, 0.6) is 0 Å². The molecule has 0 bridgehead atoms. The molecule has 2 aliphatic heterocycles. The molecule has 4 aromatic rings. The summed E-state index contributed by atoms with van der Waals surface area (Å²) in [6.07, 6.45) is 8.33. The van der Waals surface area contributed by atoms with Crippen molar-refractivity contribution < 1.29 is 9.53 Å². The number of fused-ring (bicyclic) bond motifs is 2. The highest BCUT2D eigenvalue weighted by atomic mass is 35.5. The molecule has 1 amide bonds. The molecular weight excluding hydrogens is 464 g/mol. The molecule has 0 spiro atoms. The molecule has 6 rings (SSSR count). The number of hydrogen-bond acceptors (Lipinski definition) is 5. The maximum absolute atomic E-state index is 12.2. The van der Waals surface area contributed by atoms with Gasteiger partial charge >= 0.3 is 0 Å². The van der Waals surface area contributed by atoms with Crippen molar-refractivity contribution >= 4 is 28.3 Å². The van der Waals surface area contributed by atoms with Crippen molar-refractivity contribution in [3.05, 3.63) is 53.1 Å². The third-order valence-corrected chi connectivity index (χ3v) is 7.34. The van der Waals surface area contributed by atoms with Crippen LogP contribution >= 0.6 is 11.6 Å². The van der Waals surface area contributed by atoms with Crippen LogP contribution in [0, 0.1) is 0 Å². The molecule has 0 radical (unpaired) electrons. The summed E-state index contributed by atoms with van der Waals surface area (Å²) in [6.45, 7) is 4.39. The highest BCUT2D eigenvalue weighted by Gasteiger charge is 2.30. The van der Waals surface area contributed by atoms with E-state index in [1.54, 1.807) is 11.6 Å². The lowest BCUT2D eigenvalue weighted by Crippen LogP contribution is -2.35. The van der Waals surface area contributed by atoms with Crippen LogP contribution in [-0.4, -0.2) is 55.1 Å².